The van der Waals surface area contributed by atoms with Crippen LogP contribution in [0.1, 0.15) is 19.8 Å². The van der Waals surface area contributed by atoms with Gasteiger partial charge in [-0.05, 0) is 31.2 Å². The highest BCUT2D eigenvalue weighted by Crippen LogP contribution is 2.35. The van der Waals surface area contributed by atoms with Crippen LogP contribution >= 0.6 is 11.6 Å². The molecule has 0 spiro atoms. The number of nitrogens with zero attached hydrogens (tertiary/aromatic N) is 2. The third-order valence-electron chi connectivity index (χ3n) is 4.79. The summed E-state index contributed by atoms with van der Waals surface area (Å²) in [6.07, 6.45) is -1.04. The fourth-order valence-electron chi connectivity index (χ4n) is 3.21. The second-order valence-corrected chi connectivity index (χ2v) is 7.77. The Bertz CT molecular complexity index is 1150. The van der Waals surface area contributed by atoms with Gasteiger partial charge in [-0.15, -0.1) is 0 Å². The number of halogens is 2. The molecule has 1 aromatic heterocycles. The number of carbonyl (C=O) groups is 1. The van der Waals surface area contributed by atoms with E-state index < -0.39 is 24.0 Å². The van der Waals surface area contributed by atoms with Gasteiger partial charge in [-0.2, -0.15) is 0 Å². The van der Waals surface area contributed by atoms with E-state index in [-0.39, 0.29) is 31.1 Å². The molecule has 2 aromatic carbocycles. The van der Waals surface area contributed by atoms with Gasteiger partial charge >= 0.3 is 5.97 Å². The molecular formula is C23H25ClFN3O6. The van der Waals surface area contributed by atoms with Crippen molar-refractivity contribution in [3.63, 3.8) is 0 Å². The van der Waals surface area contributed by atoms with Crippen LogP contribution in [0.25, 0.3) is 10.9 Å². The van der Waals surface area contributed by atoms with Gasteiger partial charge in [0.05, 0.1) is 42.9 Å². The molecule has 0 fully saturated rings. The molecule has 3 aromatic rings. The van der Waals surface area contributed by atoms with Crippen LogP contribution in [0.15, 0.2) is 36.7 Å². The van der Waals surface area contributed by atoms with Crippen LogP contribution < -0.4 is 14.8 Å². The fourth-order valence-corrected chi connectivity index (χ4v) is 3.39. The quantitative estimate of drug-likeness (QED) is 0.343. The first-order chi connectivity index (χ1) is 16.3. The molecule has 1 heterocycles. The highest BCUT2D eigenvalue weighted by molar-refractivity contribution is 6.31. The van der Waals surface area contributed by atoms with Crippen LogP contribution in [-0.2, 0) is 9.53 Å². The maximum atomic E-state index is 13.5. The van der Waals surface area contributed by atoms with Gasteiger partial charge < -0.3 is 29.7 Å². The lowest BCUT2D eigenvalue weighted by molar-refractivity contribution is -0.145. The number of ether oxygens (including phenoxy) is 3. The zero-order chi connectivity index (χ0) is 24.7. The van der Waals surface area contributed by atoms with Gasteiger partial charge in [-0.3, -0.25) is 4.79 Å². The molecule has 0 aliphatic rings. The lowest BCUT2D eigenvalue weighted by Crippen LogP contribution is -2.26. The van der Waals surface area contributed by atoms with Gasteiger partial charge in [-0.1, -0.05) is 11.6 Å². The first-order valence-corrected chi connectivity index (χ1v) is 10.9. The van der Waals surface area contributed by atoms with Crippen LogP contribution in [0.2, 0.25) is 5.02 Å². The Labute approximate surface area is 200 Å². The van der Waals surface area contributed by atoms with E-state index in [4.69, 9.17) is 25.8 Å². The Kier molecular flexibility index (Phi) is 8.80. The maximum absolute atomic E-state index is 13.5. The summed E-state index contributed by atoms with van der Waals surface area (Å²) in [6.45, 7) is 1.73. The van der Waals surface area contributed by atoms with Crippen molar-refractivity contribution in [2.75, 3.05) is 25.6 Å². The third-order valence-corrected chi connectivity index (χ3v) is 5.08. The molecule has 11 heteroatoms. The minimum atomic E-state index is -1.07. The van der Waals surface area contributed by atoms with Crippen molar-refractivity contribution in [2.24, 2.45) is 0 Å². The number of esters is 1. The summed E-state index contributed by atoms with van der Waals surface area (Å²) < 4.78 is 29.4. The van der Waals surface area contributed by atoms with E-state index in [1.165, 1.54) is 31.6 Å². The summed E-state index contributed by atoms with van der Waals surface area (Å²) in [4.78, 5) is 20.0. The molecule has 0 aliphatic heterocycles. The number of nitrogens with one attached hydrogen (secondary N) is 1. The van der Waals surface area contributed by atoms with Crippen molar-refractivity contribution in [1.82, 2.24) is 9.97 Å². The zero-order valence-corrected chi connectivity index (χ0v) is 19.4. The summed E-state index contributed by atoms with van der Waals surface area (Å²) >= 11 is 5.86. The summed E-state index contributed by atoms with van der Waals surface area (Å²) in [5.74, 6) is 0.0312. The van der Waals surface area contributed by atoms with Gasteiger partial charge in [0.15, 0.2) is 11.5 Å². The van der Waals surface area contributed by atoms with E-state index in [0.717, 1.165) is 0 Å². The summed E-state index contributed by atoms with van der Waals surface area (Å²) in [6, 6.07) is 7.49. The molecular weight excluding hydrogens is 469 g/mol. The predicted octanol–water partition coefficient (Wildman–Crippen LogP) is 3.62. The second kappa shape index (κ2) is 11.8. The molecule has 3 rings (SSSR count). The molecule has 182 valence electrons. The maximum Gasteiger partial charge on any atom is 0.308 e. The highest BCUT2D eigenvalue weighted by atomic mass is 35.5. The molecule has 3 N–H and O–H groups in total. The lowest BCUT2D eigenvalue weighted by Gasteiger charge is -2.18. The largest absolute Gasteiger partial charge is 0.493 e. The van der Waals surface area contributed by atoms with Crippen LogP contribution in [0, 0.1) is 5.82 Å². The predicted molar refractivity (Wildman–Crippen MR) is 124 cm³/mol. The number of hydrogen-bond acceptors (Lipinski definition) is 9. The number of benzene rings is 2. The topological polar surface area (TPSA) is 123 Å². The Morgan fingerprint density at radius 3 is 2.68 bits per heavy atom. The monoisotopic (exact) mass is 493 g/mol. The zero-order valence-electron chi connectivity index (χ0n) is 18.6. The minimum Gasteiger partial charge on any atom is -0.493 e. The average molecular weight is 494 g/mol. The minimum absolute atomic E-state index is 0.0341. The van der Waals surface area contributed by atoms with Crippen molar-refractivity contribution in [2.45, 2.75) is 32.0 Å². The number of carbonyl (C=O) groups excluding carboxylic acids is 1. The van der Waals surface area contributed by atoms with Crippen molar-refractivity contribution in [1.29, 1.82) is 0 Å². The highest BCUT2D eigenvalue weighted by Gasteiger charge is 2.18. The van der Waals surface area contributed by atoms with Crippen LogP contribution in [-0.4, -0.2) is 58.7 Å². The number of hydrogen-bond donors (Lipinski definition) is 3. The van der Waals surface area contributed by atoms with Gasteiger partial charge in [0.1, 0.15) is 24.6 Å². The number of aliphatic hydroxyl groups is 2. The van der Waals surface area contributed by atoms with E-state index in [9.17, 15) is 19.4 Å². The van der Waals surface area contributed by atoms with Gasteiger partial charge in [0.25, 0.3) is 0 Å². The summed E-state index contributed by atoms with van der Waals surface area (Å²) in [5.41, 5.74) is 1.08. The number of anilines is 2. The molecule has 2 atom stereocenters. The van der Waals surface area contributed by atoms with Gasteiger partial charge in [0.2, 0.25) is 0 Å². The molecule has 0 radical (unpaired) electrons. The lowest BCUT2D eigenvalue weighted by atomic mass is 10.1. The molecule has 0 saturated heterocycles. The van der Waals surface area contributed by atoms with Crippen molar-refractivity contribution >= 4 is 40.0 Å². The van der Waals surface area contributed by atoms with Gasteiger partial charge in [0, 0.05) is 23.6 Å². The molecule has 9 nitrogen and oxygen atoms in total. The van der Waals surface area contributed by atoms with Crippen LogP contribution in [0.4, 0.5) is 15.9 Å². The Hall–Kier alpha value is -3.21. The smallest absolute Gasteiger partial charge is 0.308 e. The number of rotatable bonds is 11. The number of aliphatic hydroxyl groups excluding tert-OH is 2. The molecule has 0 saturated carbocycles. The SMILES string of the molecule is CCOC(=O)C[C@H](O)C[C@H](O)COc1cc2c(Nc3ccc(F)c(Cl)c3)ncnc2cc1OC. The van der Waals surface area contributed by atoms with Crippen LogP contribution in [0.3, 0.4) is 0 Å². The van der Waals surface area contributed by atoms with E-state index in [2.05, 4.69) is 15.3 Å². The fraction of sp³-hybridized carbons (Fsp3) is 0.348. The van der Waals surface area contributed by atoms with E-state index in [1.807, 2.05) is 0 Å². The van der Waals surface area contributed by atoms with E-state index in [0.29, 0.717) is 33.9 Å². The normalized spacial score (nSPS) is 12.8. The Morgan fingerprint density at radius 1 is 1.18 bits per heavy atom. The van der Waals surface area contributed by atoms with Crippen LogP contribution in [0.5, 0.6) is 11.5 Å². The number of methoxy groups -OCH3 is 1. The standard InChI is InChI=1S/C23H25ClFN3O6/c1-3-33-22(31)8-14(29)7-15(30)11-34-21-9-16-19(10-20(21)32-2)26-12-27-23(16)28-13-4-5-18(25)17(24)6-13/h4-6,9-10,12,14-15,29-30H,3,7-8,11H2,1-2H3,(H,26,27,28)/t14-,15+/m1/s1. The van der Waals surface area contributed by atoms with Crippen molar-refractivity contribution in [3.8, 4) is 11.5 Å². The second-order valence-electron chi connectivity index (χ2n) is 7.36. The van der Waals surface area contributed by atoms with Gasteiger partial charge in [-0.25, -0.2) is 14.4 Å². The summed E-state index contributed by atoms with van der Waals surface area (Å²) in [7, 11) is 1.47. The number of aromatic nitrogens is 2. The molecule has 0 bridgehead atoms. The first kappa shape index (κ1) is 25.4. The molecule has 34 heavy (non-hydrogen) atoms. The van der Waals surface area contributed by atoms with Crippen molar-refractivity contribution < 1.29 is 33.6 Å². The Balaban J connectivity index is 1.76. The third kappa shape index (κ3) is 6.66. The molecule has 0 amide bonds. The van der Waals surface area contributed by atoms with E-state index >= 15 is 0 Å². The number of fused-ring (bicyclic) bond motifs is 1. The molecule has 0 aliphatic carbocycles. The first-order valence-electron chi connectivity index (χ1n) is 10.5. The average Bonchev–Trinajstić information content (AvgIpc) is 2.79. The molecule has 0 unspecified atom stereocenters. The van der Waals surface area contributed by atoms with E-state index in [1.54, 1.807) is 19.1 Å². The summed E-state index contributed by atoms with van der Waals surface area (Å²) in [5, 5.41) is 23.8. The van der Waals surface area contributed by atoms with Crippen molar-refractivity contribution in [3.05, 3.63) is 47.5 Å². The Morgan fingerprint density at radius 2 is 1.97 bits per heavy atom.